The molecule has 0 aliphatic heterocycles. The molecule has 3 rings (SSSR count). The van der Waals surface area contributed by atoms with E-state index >= 15 is 0 Å². The van der Waals surface area contributed by atoms with Gasteiger partial charge in [0.1, 0.15) is 11.3 Å². The molecule has 2 heterocycles. The highest BCUT2D eigenvalue weighted by molar-refractivity contribution is 5.85. The van der Waals surface area contributed by atoms with Gasteiger partial charge in [-0.25, -0.2) is 19.3 Å². The third-order valence-corrected chi connectivity index (χ3v) is 3.24. The SMILES string of the molecule is CCC=Cc1nc(N)nc2ccc(-c3ccc(F)cc3)nc12. The quantitative estimate of drug-likeness (QED) is 0.797. The molecule has 0 unspecified atom stereocenters. The molecule has 2 N–H and O–H groups in total. The van der Waals surface area contributed by atoms with E-state index in [1.807, 2.05) is 31.2 Å². The van der Waals surface area contributed by atoms with Crippen LogP contribution in [0.25, 0.3) is 28.4 Å². The lowest BCUT2D eigenvalue weighted by atomic mass is 10.1. The van der Waals surface area contributed by atoms with Crippen LogP contribution >= 0.6 is 0 Å². The molecule has 1 aromatic carbocycles. The second-order valence-electron chi connectivity index (χ2n) is 4.85. The minimum Gasteiger partial charge on any atom is -0.368 e. The van der Waals surface area contributed by atoms with Crippen LogP contribution in [-0.2, 0) is 0 Å². The van der Waals surface area contributed by atoms with Crippen LogP contribution in [0.4, 0.5) is 10.3 Å². The average molecular weight is 294 g/mol. The Morgan fingerprint density at radius 2 is 1.82 bits per heavy atom. The van der Waals surface area contributed by atoms with Crippen molar-refractivity contribution in [2.24, 2.45) is 0 Å². The third kappa shape index (κ3) is 2.79. The summed E-state index contributed by atoms with van der Waals surface area (Å²) in [6, 6.07) is 9.92. The molecule has 110 valence electrons. The van der Waals surface area contributed by atoms with Crippen molar-refractivity contribution in [1.29, 1.82) is 0 Å². The Hall–Kier alpha value is -2.82. The molecule has 4 nitrogen and oxygen atoms in total. The maximum Gasteiger partial charge on any atom is 0.221 e. The number of hydrogen-bond acceptors (Lipinski definition) is 4. The molecule has 5 heteroatoms. The van der Waals surface area contributed by atoms with E-state index in [1.165, 1.54) is 12.1 Å². The Labute approximate surface area is 127 Å². The van der Waals surface area contributed by atoms with Crippen molar-refractivity contribution in [3.8, 4) is 11.3 Å². The predicted molar refractivity (Wildman–Crippen MR) is 86.5 cm³/mol. The molecule has 0 saturated carbocycles. The predicted octanol–water partition coefficient (Wildman–Crippen LogP) is 3.84. The highest BCUT2D eigenvalue weighted by Gasteiger charge is 2.08. The first kappa shape index (κ1) is 14.1. The maximum atomic E-state index is 13.0. The molecule has 0 atom stereocenters. The number of nitrogens with zero attached hydrogens (tertiary/aromatic N) is 3. The Morgan fingerprint density at radius 3 is 2.55 bits per heavy atom. The Kier molecular flexibility index (Phi) is 3.78. The fourth-order valence-electron chi connectivity index (χ4n) is 2.18. The normalized spacial score (nSPS) is 11.4. The summed E-state index contributed by atoms with van der Waals surface area (Å²) in [5.41, 5.74) is 9.38. The summed E-state index contributed by atoms with van der Waals surface area (Å²) in [7, 11) is 0. The van der Waals surface area contributed by atoms with Crippen molar-refractivity contribution >= 4 is 23.1 Å². The van der Waals surface area contributed by atoms with Gasteiger partial charge in [-0.15, -0.1) is 0 Å². The van der Waals surface area contributed by atoms with E-state index in [0.29, 0.717) is 16.7 Å². The van der Waals surface area contributed by atoms with E-state index in [-0.39, 0.29) is 11.8 Å². The van der Waals surface area contributed by atoms with Crippen molar-refractivity contribution in [2.45, 2.75) is 13.3 Å². The fraction of sp³-hybridized carbons (Fsp3) is 0.118. The highest BCUT2D eigenvalue weighted by Crippen LogP contribution is 2.23. The van der Waals surface area contributed by atoms with Crippen molar-refractivity contribution in [3.63, 3.8) is 0 Å². The molecule has 0 fully saturated rings. The summed E-state index contributed by atoms with van der Waals surface area (Å²) in [5, 5.41) is 0. The number of allylic oxidation sites excluding steroid dienone is 1. The van der Waals surface area contributed by atoms with Gasteiger partial charge in [-0.3, -0.25) is 0 Å². The number of aromatic nitrogens is 3. The highest BCUT2D eigenvalue weighted by atomic mass is 19.1. The first-order valence-electron chi connectivity index (χ1n) is 7.04. The second-order valence-corrected chi connectivity index (χ2v) is 4.85. The van der Waals surface area contributed by atoms with Gasteiger partial charge >= 0.3 is 0 Å². The number of hydrogen-bond donors (Lipinski definition) is 1. The molecule has 2 aromatic heterocycles. The van der Waals surface area contributed by atoms with Crippen LogP contribution < -0.4 is 5.73 Å². The van der Waals surface area contributed by atoms with Crippen molar-refractivity contribution in [3.05, 3.63) is 54.0 Å². The zero-order chi connectivity index (χ0) is 15.5. The largest absolute Gasteiger partial charge is 0.368 e. The number of rotatable bonds is 3. The zero-order valence-electron chi connectivity index (χ0n) is 12.1. The Balaban J connectivity index is 2.17. The zero-order valence-corrected chi connectivity index (χ0v) is 12.1. The molecule has 3 aromatic rings. The summed E-state index contributed by atoms with van der Waals surface area (Å²) in [4.78, 5) is 13.1. The number of pyridine rings is 1. The van der Waals surface area contributed by atoms with Gasteiger partial charge in [0.15, 0.2) is 0 Å². The van der Waals surface area contributed by atoms with Crippen molar-refractivity contribution in [2.75, 3.05) is 5.73 Å². The molecule has 0 bridgehead atoms. The lowest BCUT2D eigenvalue weighted by Crippen LogP contribution is -1.99. The number of fused-ring (bicyclic) bond motifs is 1. The van der Waals surface area contributed by atoms with Gasteiger partial charge in [0.05, 0.1) is 16.9 Å². The minimum atomic E-state index is -0.271. The van der Waals surface area contributed by atoms with E-state index in [9.17, 15) is 4.39 Å². The first-order chi connectivity index (χ1) is 10.7. The minimum absolute atomic E-state index is 0.222. The molecule has 0 amide bonds. The van der Waals surface area contributed by atoms with Crippen LogP contribution in [0, 0.1) is 5.82 Å². The third-order valence-electron chi connectivity index (χ3n) is 3.24. The van der Waals surface area contributed by atoms with Gasteiger partial charge in [0.25, 0.3) is 0 Å². The lowest BCUT2D eigenvalue weighted by Gasteiger charge is -2.06. The number of halogens is 1. The van der Waals surface area contributed by atoms with E-state index in [0.717, 1.165) is 17.7 Å². The van der Waals surface area contributed by atoms with Gasteiger partial charge in [-0.1, -0.05) is 13.0 Å². The van der Waals surface area contributed by atoms with Crippen LogP contribution in [0.3, 0.4) is 0 Å². The fourth-order valence-corrected chi connectivity index (χ4v) is 2.18. The topological polar surface area (TPSA) is 64.7 Å². The number of nitrogen functional groups attached to an aromatic ring is 1. The van der Waals surface area contributed by atoms with Crippen LogP contribution in [0.1, 0.15) is 19.0 Å². The average Bonchev–Trinajstić information content (AvgIpc) is 2.53. The molecule has 0 radical (unpaired) electrons. The van der Waals surface area contributed by atoms with Crippen LogP contribution in [0.15, 0.2) is 42.5 Å². The molecule has 0 saturated heterocycles. The Bertz CT molecular complexity index is 841. The van der Waals surface area contributed by atoms with Crippen molar-refractivity contribution in [1.82, 2.24) is 15.0 Å². The van der Waals surface area contributed by atoms with Gasteiger partial charge in [-0.05, 0) is 48.9 Å². The monoisotopic (exact) mass is 294 g/mol. The molecule has 0 aliphatic carbocycles. The maximum absolute atomic E-state index is 13.0. The number of nitrogens with two attached hydrogens (primary N) is 1. The van der Waals surface area contributed by atoms with Gasteiger partial charge in [0, 0.05) is 5.56 Å². The van der Waals surface area contributed by atoms with E-state index in [1.54, 1.807) is 12.1 Å². The van der Waals surface area contributed by atoms with Gasteiger partial charge in [0.2, 0.25) is 5.95 Å². The number of benzene rings is 1. The van der Waals surface area contributed by atoms with Crippen LogP contribution in [0.2, 0.25) is 0 Å². The lowest BCUT2D eigenvalue weighted by molar-refractivity contribution is 0.628. The molecular formula is C17H15FN4. The molecule has 0 spiro atoms. The summed E-state index contributed by atoms with van der Waals surface area (Å²) >= 11 is 0. The van der Waals surface area contributed by atoms with E-state index in [4.69, 9.17) is 5.73 Å². The van der Waals surface area contributed by atoms with Crippen LogP contribution in [-0.4, -0.2) is 15.0 Å². The summed E-state index contributed by atoms with van der Waals surface area (Å²) < 4.78 is 13.0. The molecule has 0 aliphatic rings. The van der Waals surface area contributed by atoms with Gasteiger partial charge in [-0.2, -0.15) is 0 Å². The molecular weight excluding hydrogens is 279 g/mol. The standard InChI is InChI=1S/C17H15FN4/c1-2-3-4-14-16-15(22-17(19)21-14)10-9-13(20-16)11-5-7-12(18)8-6-11/h3-10H,2H2,1H3,(H2,19,21,22). The summed E-state index contributed by atoms with van der Waals surface area (Å²) in [5.74, 6) is -0.0493. The van der Waals surface area contributed by atoms with Crippen LogP contribution in [0.5, 0.6) is 0 Å². The second kappa shape index (κ2) is 5.89. The summed E-state index contributed by atoms with van der Waals surface area (Å²) in [6.45, 7) is 2.04. The first-order valence-corrected chi connectivity index (χ1v) is 7.04. The summed E-state index contributed by atoms with van der Waals surface area (Å²) in [6.07, 6.45) is 4.78. The van der Waals surface area contributed by atoms with E-state index < -0.39 is 0 Å². The Morgan fingerprint density at radius 1 is 1.05 bits per heavy atom. The van der Waals surface area contributed by atoms with Gasteiger partial charge < -0.3 is 5.73 Å². The van der Waals surface area contributed by atoms with E-state index in [2.05, 4.69) is 15.0 Å². The number of anilines is 1. The van der Waals surface area contributed by atoms with Crippen molar-refractivity contribution < 1.29 is 4.39 Å². The molecule has 22 heavy (non-hydrogen) atoms. The smallest absolute Gasteiger partial charge is 0.221 e.